The summed E-state index contributed by atoms with van der Waals surface area (Å²) in [4.78, 5) is 25.3. The van der Waals surface area contributed by atoms with E-state index < -0.39 is 11.5 Å². The summed E-state index contributed by atoms with van der Waals surface area (Å²) >= 11 is 0. The molecule has 7 nitrogen and oxygen atoms in total. The Kier molecular flexibility index (Phi) is 4.19. The fourth-order valence-corrected chi connectivity index (χ4v) is 3.07. The molecule has 0 fully saturated rings. The number of aryl methyl sites for hydroxylation is 2. The van der Waals surface area contributed by atoms with Gasteiger partial charge in [-0.2, -0.15) is 0 Å². The summed E-state index contributed by atoms with van der Waals surface area (Å²) < 4.78 is 10.5. The molecule has 0 radical (unpaired) electrons. The van der Waals surface area contributed by atoms with Crippen molar-refractivity contribution in [2.45, 2.75) is 13.8 Å². The minimum absolute atomic E-state index is 0.175. The number of benzene rings is 2. The number of carbonyl (C=O) groups is 1. The first-order valence-corrected chi connectivity index (χ1v) is 8.56. The second kappa shape index (κ2) is 6.70. The predicted octanol–water partition coefficient (Wildman–Crippen LogP) is 4.02. The van der Waals surface area contributed by atoms with Gasteiger partial charge in [0.2, 0.25) is 0 Å². The molecule has 0 atom stereocenters. The number of nitrogens with zero attached hydrogens (tertiary/aromatic N) is 1. The van der Waals surface area contributed by atoms with Gasteiger partial charge < -0.3 is 19.4 Å². The van der Waals surface area contributed by atoms with Crippen LogP contribution in [0.4, 0.5) is 5.69 Å². The lowest BCUT2D eigenvalue weighted by Gasteiger charge is -2.09. The topological polar surface area (TPSA) is 106 Å². The SMILES string of the molecule is Cc1onc(-c2ccccc2)c1C(=O)Nc1c(O)c2cccc(C)c2oc1=O. The Balaban J connectivity index is 1.79. The summed E-state index contributed by atoms with van der Waals surface area (Å²) in [6.45, 7) is 3.36. The molecule has 2 N–H and O–H groups in total. The Morgan fingerprint density at radius 3 is 2.57 bits per heavy atom. The molecule has 0 unspecified atom stereocenters. The summed E-state index contributed by atoms with van der Waals surface area (Å²) in [7, 11) is 0. The lowest BCUT2D eigenvalue weighted by atomic mass is 10.1. The van der Waals surface area contributed by atoms with E-state index in [1.807, 2.05) is 18.2 Å². The highest BCUT2D eigenvalue weighted by molar-refractivity contribution is 6.10. The molecule has 7 heteroatoms. The molecule has 0 saturated carbocycles. The maximum absolute atomic E-state index is 12.9. The third-order valence-electron chi connectivity index (χ3n) is 4.48. The Bertz CT molecular complexity index is 1260. The van der Waals surface area contributed by atoms with Gasteiger partial charge in [0.15, 0.2) is 11.4 Å². The van der Waals surface area contributed by atoms with Crippen LogP contribution in [0.25, 0.3) is 22.2 Å². The van der Waals surface area contributed by atoms with Crippen LogP contribution < -0.4 is 10.9 Å². The molecule has 0 aliphatic rings. The van der Waals surface area contributed by atoms with Crippen LogP contribution in [0.15, 0.2) is 62.3 Å². The van der Waals surface area contributed by atoms with E-state index in [9.17, 15) is 14.7 Å². The van der Waals surface area contributed by atoms with Crippen molar-refractivity contribution >= 4 is 22.6 Å². The number of carbonyl (C=O) groups excluding carboxylic acids is 1. The zero-order valence-electron chi connectivity index (χ0n) is 15.1. The Hall–Kier alpha value is -3.87. The molecule has 0 bridgehead atoms. The van der Waals surface area contributed by atoms with Gasteiger partial charge in [0.1, 0.15) is 22.6 Å². The Morgan fingerprint density at radius 1 is 1.07 bits per heavy atom. The van der Waals surface area contributed by atoms with Crippen LogP contribution in [0, 0.1) is 13.8 Å². The third kappa shape index (κ3) is 2.83. The van der Waals surface area contributed by atoms with E-state index >= 15 is 0 Å². The number of hydrogen-bond acceptors (Lipinski definition) is 6. The molecule has 28 heavy (non-hydrogen) atoms. The van der Waals surface area contributed by atoms with Crippen LogP contribution in [0.1, 0.15) is 21.7 Å². The number of nitrogens with one attached hydrogen (secondary N) is 1. The van der Waals surface area contributed by atoms with Crippen LogP contribution in [-0.4, -0.2) is 16.2 Å². The Morgan fingerprint density at radius 2 is 1.82 bits per heavy atom. The minimum Gasteiger partial charge on any atom is -0.505 e. The van der Waals surface area contributed by atoms with Gasteiger partial charge in [-0.3, -0.25) is 4.79 Å². The standard InChI is InChI=1S/C21H16N2O5/c1-11-7-6-10-14-18(24)17(21(26)27-19(11)14)22-20(25)15-12(2)28-23-16(15)13-8-4-3-5-9-13/h3-10,24H,1-2H3,(H,22,25). The first-order valence-electron chi connectivity index (χ1n) is 8.56. The summed E-state index contributed by atoms with van der Waals surface area (Å²) in [6, 6.07) is 14.1. The average molecular weight is 376 g/mol. The number of aromatic nitrogens is 1. The molecule has 1 amide bonds. The lowest BCUT2D eigenvalue weighted by Crippen LogP contribution is -2.19. The maximum atomic E-state index is 12.9. The van der Waals surface area contributed by atoms with Crippen LogP contribution >= 0.6 is 0 Å². The molecule has 0 aliphatic heterocycles. The van der Waals surface area contributed by atoms with Crippen molar-refractivity contribution in [3.05, 3.63) is 75.8 Å². The first-order chi connectivity index (χ1) is 13.5. The van der Waals surface area contributed by atoms with Crippen LogP contribution in [0.2, 0.25) is 0 Å². The average Bonchev–Trinajstić information content (AvgIpc) is 3.08. The molecule has 0 aliphatic carbocycles. The largest absolute Gasteiger partial charge is 0.505 e. The summed E-state index contributed by atoms with van der Waals surface area (Å²) in [5.41, 5.74) is 1.00. The van der Waals surface area contributed by atoms with Gasteiger partial charge in [-0.15, -0.1) is 0 Å². The highest BCUT2D eigenvalue weighted by Gasteiger charge is 2.24. The molecular weight excluding hydrogens is 360 g/mol. The molecule has 0 saturated heterocycles. The van der Waals surface area contributed by atoms with Gasteiger partial charge in [-0.1, -0.05) is 47.6 Å². The fraction of sp³-hybridized carbons (Fsp3) is 0.0952. The van der Waals surface area contributed by atoms with Crippen molar-refractivity contribution in [2.24, 2.45) is 0 Å². The van der Waals surface area contributed by atoms with Crippen LogP contribution in [-0.2, 0) is 0 Å². The van der Waals surface area contributed by atoms with E-state index in [0.717, 1.165) is 0 Å². The molecular formula is C21H16N2O5. The van der Waals surface area contributed by atoms with Gasteiger partial charge in [-0.25, -0.2) is 4.79 Å². The quantitative estimate of drug-likeness (QED) is 0.523. The number of aromatic hydroxyl groups is 1. The number of amides is 1. The number of fused-ring (bicyclic) bond motifs is 1. The van der Waals surface area contributed by atoms with E-state index in [4.69, 9.17) is 8.94 Å². The van der Waals surface area contributed by atoms with Crippen molar-refractivity contribution in [3.63, 3.8) is 0 Å². The van der Waals surface area contributed by atoms with E-state index in [-0.39, 0.29) is 28.3 Å². The molecule has 140 valence electrons. The summed E-state index contributed by atoms with van der Waals surface area (Å²) in [5, 5.41) is 17.3. The molecule has 2 aromatic heterocycles. The first kappa shape index (κ1) is 17.5. The van der Waals surface area contributed by atoms with Gasteiger partial charge >= 0.3 is 5.63 Å². The van der Waals surface area contributed by atoms with Crippen LogP contribution in [0.3, 0.4) is 0 Å². The van der Waals surface area contributed by atoms with E-state index in [1.165, 1.54) is 0 Å². The summed E-state index contributed by atoms with van der Waals surface area (Å²) in [5.74, 6) is -0.692. The molecule has 2 aromatic carbocycles. The Labute approximate surface area is 159 Å². The molecule has 4 aromatic rings. The predicted molar refractivity (Wildman–Crippen MR) is 104 cm³/mol. The number of para-hydroxylation sites is 1. The maximum Gasteiger partial charge on any atom is 0.364 e. The van der Waals surface area contributed by atoms with Gasteiger partial charge in [0.25, 0.3) is 5.91 Å². The number of rotatable bonds is 3. The van der Waals surface area contributed by atoms with Gasteiger partial charge in [0.05, 0.1) is 5.39 Å². The fourth-order valence-electron chi connectivity index (χ4n) is 3.07. The monoisotopic (exact) mass is 376 g/mol. The summed E-state index contributed by atoms with van der Waals surface area (Å²) in [6.07, 6.45) is 0. The van der Waals surface area contributed by atoms with E-state index in [0.29, 0.717) is 22.2 Å². The lowest BCUT2D eigenvalue weighted by molar-refractivity contribution is 0.102. The van der Waals surface area contributed by atoms with Crippen molar-refractivity contribution in [2.75, 3.05) is 5.32 Å². The van der Waals surface area contributed by atoms with Crippen molar-refractivity contribution < 1.29 is 18.8 Å². The molecule has 4 rings (SSSR count). The minimum atomic E-state index is -0.844. The van der Waals surface area contributed by atoms with E-state index in [2.05, 4.69) is 10.5 Å². The molecule has 0 spiro atoms. The highest BCUT2D eigenvalue weighted by atomic mass is 16.5. The molecule has 2 heterocycles. The zero-order chi connectivity index (χ0) is 19.8. The number of hydrogen-bond donors (Lipinski definition) is 2. The van der Waals surface area contributed by atoms with Crippen molar-refractivity contribution in [1.29, 1.82) is 0 Å². The third-order valence-corrected chi connectivity index (χ3v) is 4.48. The normalized spacial score (nSPS) is 10.9. The number of anilines is 1. The van der Waals surface area contributed by atoms with Crippen LogP contribution in [0.5, 0.6) is 5.75 Å². The van der Waals surface area contributed by atoms with Crippen molar-refractivity contribution in [1.82, 2.24) is 5.16 Å². The van der Waals surface area contributed by atoms with Crippen molar-refractivity contribution in [3.8, 4) is 17.0 Å². The second-order valence-electron chi connectivity index (χ2n) is 6.35. The zero-order valence-corrected chi connectivity index (χ0v) is 15.1. The smallest absolute Gasteiger partial charge is 0.364 e. The van der Waals surface area contributed by atoms with Gasteiger partial charge in [-0.05, 0) is 25.5 Å². The highest BCUT2D eigenvalue weighted by Crippen LogP contribution is 2.32. The van der Waals surface area contributed by atoms with E-state index in [1.54, 1.807) is 44.2 Å². The van der Waals surface area contributed by atoms with Gasteiger partial charge in [0, 0.05) is 5.56 Å². The second-order valence-corrected chi connectivity index (χ2v) is 6.35.